The van der Waals surface area contributed by atoms with Crippen LogP contribution < -0.4 is 0 Å². The molecule has 1 fully saturated rings. The fourth-order valence-electron chi connectivity index (χ4n) is 2.62. The molecule has 0 saturated carbocycles. The lowest BCUT2D eigenvalue weighted by molar-refractivity contribution is -0.162. The van der Waals surface area contributed by atoms with Crippen LogP contribution in [0, 0.1) is 6.92 Å². The largest absolute Gasteiger partial charge is 0.481 e. The van der Waals surface area contributed by atoms with Crippen LogP contribution >= 0.6 is 0 Å². The third-order valence-electron chi connectivity index (χ3n) is 3.79. The quantitative estimate of drug-likeness (QED) is 0.854. The first kappa shape index (κ1) is 15.0. The number of ether oxygens (including phenoxy) is 2. The lowest BCUT2D eigenvalue weighted by Gasteiger charge is -2.32. The van der Waals surface area contributed by atoms with Crippen LogP contribution in [0.2, 0.25) is 0 Å². The summed E-state index contributed by atoms with van der Waals surface area (Å²) in [5, 5.41) is 18.2. The highest BCUT2D eigenvalue weighted by Gasteiger charge is 2.29. The Morgan fingerprint density at radius 3 is 2.95 bits per heavy atom. The van der Waals surface area contributed by atoms with Crippen molar-refractivity contribution in [3.05, 3.63) is 34.9 Å². The Hall–Kier alpha value is -1.43. The molecule has 1 saturated heterocycles. The van der Waals surface area contributed by atoms with E-state index in [0.717, 1.165) is 16.7 Å². The Morgan fingerprint density at radius 1 is 1.45 bits per heavy atom. The van der Waals surface area contributed by atoms with E-state index in [2.05, 4.69) is 0 Å². The van der Waals surface area contributed by atoms with E-state index in [-0.39, 0.29) is 31.8 Å². The highest BCUT2D eigenvalue weighted by Crippen LogP contribution is 2.30. The summed E-state index contributed by atoms with van der Waals surface area (Å²) in [6.45, 7) is 2.65. The van der Waals surface area contributed by atoms with Crippen molar-refractivity contribution in [1.29, 1.82) is 0 Å². The van der Waals surface area contributed by atoms with Gasteiger partial charge in [0, 0.05) is 12.3 Å². The molecule has 2 unspecified atom stereocenters. The van der Waals surface area contributed by atoms with Gasteiger partial charge in [-0.05, 0) is 30.0 Å². The van der Waals surface area contributed by atoms with Crippen LogP contribution in [0.3, 0.4) is 0 Å². The molecule has 1 aromatic carbocycles. The van der Waals surface area contributed by atoms with Crippen molar-refractivity contribution in [2.75, 3.05) is 20.0 Å². The Morgan fingerprint density at radius 2 is 2.25 bits per heavy atom. The summed E-state index contributed by atoms with van der Waals surface area (Å²) in [5.41, 5.74) is 3.14. The van der Waals surface area contributed by atoms with E-state index in [1.54, 1.807) is 0 Å². The van der Waals surface area contributed by atoms with Crippen molar-refractivity contribution in [1.82, 2.24) is 0 Å². The third kappa shape index (κ3) is 3.36. The molecule has 5 heteroatoms. The minimum atomic E-state index is -0.799. The zero-order valence-electron chi connectivity index (χ0n) is 11.5. The SMILES string of the molecule is Cc1c(CCC(=O)O)cccc1C1COCOC1CO. The predicted octanol–water partition coefficient (Wildman–Crippen LogP) is 1.46. The standard InChI is InChI=1S/C15H20O5/c1-10-11(5-6-15(17)18)3-2-4-12(10)13-8-19-9-20-14(13)7-16/h2-4,13-14,16H,5-9H2,1H3,(H,17,18). The van der Waals surface area contributed by atoms with Gasteiger partial charge in [0.1, 0.15) is 6.79 Å². The van der Waals surface area contributed by atoms with Gasteiger partial charge in [-0.3, -0.25) is 4.79 Å². The molecule has 0 amide bonds. The van der Waals surface area contributed by atoms with Gasteiger partial charge in [0.05, 0.1) is 19.3 Å². The predicted molar refractivity (Wildman–Crippen MR) is 72.7 cm³/mol. The van der Waals surface area contributed by atoms with E-state index in [1.165, 1.54) is 0 Å². The molecule has 1 aliphatic heterocycles. The molecule has 0 aromatic heterocycles. The van der Waals surface area contributed by atoms with Crippen molar-refractivity contribution >= 4 is 5.97 Å². The highest BCUT2D eigenvalue weighted by molar-refractivity contribution is 5.67. The molecule has 0 bridgehead atoms. The van der Waals surface area contributed by atoms with Gasteiger partial charge in [0.2, 0.25) is 0 Å². The number of hydrogen-bond acceptors (Lipinski definition) is 4. The summed E-state index contributed by atoms with van der Waals surface area (Å²) in [6.07, 6.45) is 0.357. The summed E-state index contributed by atoms with van der Waals surface area (Å²) in [5.74, 6) is -0.814. The number of carboxylic acids is 1. The Balaban J connectivity index is 2.22. The molecule has 0 aliphatic carbocycles. The van der Waals surface area contributed by atoms with Crippen molar-refractivity contribution in [2.45, 2.75) is 31.8 Å². The number of hydrogen-bond donors (Lipinski definition) is 2. The van der Waals surface area contributed by atoms with Crippen molar-refractivity contribution in [3.8, 4) is 0 Å². The van der Waals surface area contributed by atoms with Gasteiger partial charge in [-0.2, -0.15) is 0 Å². The summed E-state index contributed by atoms with van der Waals surface area (Å²) >= 11 is 0. The topological polar surface area (TPSA) is 76.0 Å². The van der Waals surface area contributed by atoms with E-state index in [0.29, 0.717) is 13.0 Å². The minimum absolute atomic E-state index is 0.0153. The van der Waals surface area contributed by atoms with Crippen LogP contribution in [0.25, 0.3) is 0 Å². The van der Waals surface area contributed by atoms with E-state index in [1.807, 2.05) is 25.1 Å². The molecular formula is C15H20O5. The Bertz CT molecular complexity index is 471. The number of rotatable bonds is 5. The first-order chi connectivity index (χ1) is 9.63. The Kier molecular flexibility index (Phi) is 5.11. The van der Waals surface area contributed by atoms with Crippen LogP contribution in [-0.2, 0) is 20.7 Å². The van der Waals surface area contributed by atoms with Gasteiger partial charge in [0.15, 0.2) is 0 Å². The summed E-state index contributed by atoms with van der Waals surface area (Å²) in [7, 11) is 0. The maximum Gasteiger partial charge on any atom is 0.303 e. The molecule has 1 heterocycles. The minimum Gasteiger partial charge on any atom is -0.481 e. The highest BCUT2D eigenvalue weighted by atomic mass is 16.7. The number of aliphatic hydroxyl groups is 1. The second kappa shape index (κ2) is 6.83. The molecule has 1 aliphatic rings. The number of aliphatic hydroxyl groups excluding tert-OH is 1. The molecule has 0 radical (unpaired) electrons. The average molecular weight is 280 g/mol. The van der Waals surface area contributed by atoms with Crippen molar-refractivity contribution < 1.29 is 24.5 Å². The van der Waals surface area contributed by atoms with Gasteiger partial charge < -0.3 is 19.7 Å². The summed E-state index contributed by atoms with van der Waals surface area (Å²) < 4.78 is 10.8. The van der Waals surface area contributed by atoms with Gasteiger partial charge in [-0.25, -0.2) is 0 Å². The number of carbonyl (C=O) groups is 1. The second-order valence-electron chi connectivity index (χ2n) is 5.01. The normalized spacial score (nSPS) is 22.7. The molecule has 5 nitrogen and oxygen atoms in total. The fraction of sp³-hybridized carbons (Fsp3) is 0.533. The smallest absolute Gasteiger partial charge is 0.303 e. The maximum absolute atomic E-state index is 10.7. The summed E-state index contributed by atoms with van der Waals surface area (Å²) in [4.78, 5) is 10.7. The van der Waals surface area contributed by atoms with Gasteiger partial charge in [0.25, 0.3) is 0 Å². The number of benzene rings is 1. The second-order valence-corrected chi connectivity index (χ2v) is 5.01. The number of aliphatic carboxylic acids is 1. The van der Waals surface area contributed by atoms with Crippen LogP contribution in [0.5, 0.6) is 0 Å². The van der Waals surface area contributed by atoms with Crippen LogP contribution in [0.1, 0.15) is 29.0 Å². The summed E-state index contributed by atoms with van der Waals surface area (Å²) in [6, 6.07) is 5.85. The average Bonchev–Trinajstić information content (AvgIpc) is 2.46. The fourth-order valence-corrected chi connectivity index (χ4v) is 2.62. The van der Waals surface area contributed by atoms with Gasteiger partial charge in [-0.15, -0.1) is 0 Å². The number of carboxylic acid groups (broad SMARTS) is 1. The molecule has 0 spiro atoms. The third-order valence-corrected chi connectivity index (χ3v) is 3.79. The molecule has 2 atom stereocenters. The monoisotopic (exact) mass is 280 g/mol. The van der Waals surface area contributed by atoms with Gasteiger partial charge in [-0.1, -0.05) is 18.2 Å². The zero-order valence-corrected chi connectivity index (χ0v) is 11.5. The molecular weight excluding hydrogens is 260 g/mol. The van der Waals surface area contributed by atoms with Crippen LogP contribution in [0.15, 0.2) is 18.2 Å². The van der Waals surface area contributed by atoms with E-state index >= 15 is 0 Å². The molecule has 20 heavy (non-hydrogen) atoms. The van der Waals surface area contributed by atoms with Gasteiger partial charge >= 0.3 is 5.97 Å². The van der Waals surface area contributed by atoms with Crippen molar-refractivity contribution in [3.63, 3.8) is 0 Å². The van der Waals surface area contributed by atoms with E-state index < -0.39 is 5.97 Å². The molecule has 2 N–H and O–H groups in total. The molecule has 1 aromatic rings. The maximum atomic E-state index is 10.7. The lowest BCUT2D eigenvalue weighted by atomic mass is 9.87. The van der Waals surface area contributed by atoms with E-state index in [9.17, 15) is 9.90 Å². The first-order valence-electron chi connectivity index (χ1n) is 6.74. The first-order valence-corrected chi connectivity index (χ1v) is 6.74. The van der Waals surface area contributed by atoms with Crippen LogP contribution in [0.4, 0.5) is 0 Å². The zero-order chi connectivity index (χ0) is 14.5. The molecule has 110 valence electrons. The number of aryl methyl sites for hydroxylation is 1. The molecule has 2 rings (SSSR count). The Labute approximate surface area is 118 Å². The lowest BCUT2D eigenvalue weighted by Crippen LogP contribution is -2.35. The van der Waals surface area contributed by atoms with Crippen LogP contribution in [-0.4, -0.2) is 42.3 Å². The van der Waals surface area contributed by atoms with Crippen molar-refractivity contribution in [2.24, 2.45) is 0 Å². The van der Waals surface area contributed by atoms with E-state index in [4.69, 9.17) is 14.6 Å².